The van der Waals surface area contributed by atoms with Crippen molar-refractivity contribution in [2.75, 3.05) is 0 Å². The summed E-state index contributed by atoms with van der Waals surface area (Å²) >= 11 is 0. The van der Waals surface area contributed by atoms with Gasteiger partial charge in [0.25, 0.3) is 0 Å². The Kier molecular flexibility index (Phi) is 3.01. The number of fused-ring (bicyclic) bond motifs is 1. The highest BCUT2D eigenvalue weighted by atomic mass is 16.2. The second-order valence-electron chi connectivity index (χ2n) is 3.98. The van der Waals surface area contributed by atoms with Crippen molar-refractivity contribution in [3.8, 4) is 0 Å². The number of hydrogen-bond acceptors (Lipinski definition) is 5. The number of nitrogens with zero attached hydrogens (tertiary/aromatic N) is 3. The number of Topliss-reactive ketones (excluding diaryl/α,β-unsaturated/α-hetero) is 3. The average molecular weight is 245 g/mol. The number of carbonyl (C=O) groups is 3. The van der Waals surface area contributed by atoms with Crippen LogP contribution in [0.15, 0.2) is 24.8 Å². The van der Waals surface area contributed by atoms with Crippen LogP contribution in [-0.2, 0) is 9.59 Å². The van der Waals surface area contributed by atoms with Crippen molar-refractivity contribution >= 4 is 22.9 Å². The molecule has 6 heteroatoms. The second-order valence-corrected chi connectivity index (χ2v) is 3.98. The zero-order valence-electron chi connectivity index (χ0n) is 9.95. The van der Waals surface area contributed by atoms with E-state index in [9.17, 15) is 14.4 Å². The number of rotatable bonds is 4. The molecule has 0 radical (unpaired) electrons. The molecule has 0 N–H and O–H groups in total. The molecule has 0 amide bonds. The van der Waals surface area contributed by atoms with E-state index in [0.717, 1.165) is 0 Å². The van der Waals surface area contributed by atoms with Gasteiger partial charge in [-0.2, -0.15) is 5.10 Å². The Balaban J connectivity index is 2.51. The summed E-state index contributed by atoms with van der Waals surface area (Å²) in [5.74, 6) is -2.71. The zero-order valence-corrected chi connectivity index (χ0v) is 9.95. The molecule has 0 unspecified atom stereocenters. The number of aromatic nitrogens is 3. The maximum absolute atomic E-state index is 12.2. The van der Waals surface area contributed by atoms with Gasteiger partial charge in [0.1, 0.15) is 17.5 Å². The standard InChI is InChI=1S/C12H11N3O3/c1-7(16)11(8(2)17)12(18)9-5-14-15-4-3-13-6-10(9)15/h3-6,11H,1-2H3. The number of ketones is 3. The Hall–Kier alpha value is -2.37. The molecule has 2 aromatic heterocycles. The van der Waals surface area contributed by atoms with Crippen molar-refractivity contribution in [3.63, 3.8) is 0 Å². The number of carbonyl (C=O) groups excluding carboxylic acids is 3. The Morgan fingerprint density at radius 3 is 2.44 bits per heavy atom. The first-order valence-corrected chi connectivity index (χ1v) is 5.35. The fourth-order valence-electron chi connectivity index (χ4n) is 1.84. The molecule has 2 aromatic rings. The molecule has 0 saturated heterocycles. The van der Waals surface area contributed by atoms with Gasteiger partial charge in [-0.3, -0.25) is 19.4 Å². The summed E-state index contributed by atoms with van der Waals surface area (Å²) in [6.45, 7) is 2.46. The highest BCUT2D eigenvalue weighted by Crippen LogP contribution is 2.16. The van der Waals surface area contributed by atoms with E-state index in [1.54, 1.807) is 6.20 Å². The topological polar surface area (TPSA) is 81.4 Å². The van der Waals surface area contributed by atoms with Crippen LogP contribution < -0.4 is 0 Å². The largest absolute Gasteiger partial charge is 0.299 e. The predicted molar refractivity (Wildman–Crippen MR) is 62.2 cm³/mol. The van der Waals surface area contributed by atoms with Gasteiger partial charge >= 0.3 is 0 Å². The van der Waals surface area contributed by atoms with Crippen molar-refractivity contribution < 1.29 is 14.4 Å². The van der Waals surface area contributed by atoms with Crippen LogP contribution in [-0.4, -0.2) is 31.9 Å². The van der Waals surface area contributed by atoms with Gasteiger partial charge in [0.05, 0.1) is 23.5 Å². The van der Waals surface area contributed by atoms with E-state index in [4.69, 9.17) is 0 Å². The third kappa shape index (κ3) is 1.92. The van der Waals surface area contributed by atoms with E-state index in [1.807, 2.05) is 0 Å². The van der Waals surface area contributed by atoms with E-state index in [2.05, 4.69) is 10.1 Å². The molecule has 0 aliphatic carbocycles. The summed E-state index contributed by atoms with van der Waals surface area (Å²) in [6.07, 6.45) is 5.93. The van der Waals surface area contributed by atoms with E-state index in [0.29, 0.717) is 5.52 Å². The maximum Gasteiger partial charge on any atom is 0.184 e. The average Bonchev–Trinajstić information content (AvgIpc) is 2.71. The first kappa shape index (κ1) is 12.1. The minimum absolute atomic E-state index is 0.235. The Bertz CT molecular complexity index is 631. The van der Waals surface area contributed by atoms with Crippen molar-refractivity contribution in [2.45, 2.75) is 13.8 Å². The van der Waals surface area contributed by atoms with Gasteiger partial charge in [0.2, 0.25) is 0 Å². The minimum atomic E-state index is -1.25. The quantitative estimate of drug-likeness (QED) is 0.585. The Morgan fingerprint density at radius 1 is 1.17 bits per heavy atom. The highest BCUT2D eigenvalue weighted by molar-refractivity contribution is 6.24. The Morgan fingerprint density at radius 2 is 1.83 bits per heavy atom. The van der Waals surface area contributed by atoms with Gasteiger partial charge in [-0.25, -0.2) is 4.52 Å². The van der Waals surface area contributed by atoms with Gasteiger partial charge in [-0.1, -0.05) is 0 Å². The van der Waals surface area contributed by atoms with E-state index in [-0.39, 0.29) is 5.56 Å². The monoisotopic (exact) mass is 245 g/mol. The lowest BCUT2D eigenvalue weighted by Gasteiger charge is -2.07. The first-order chi connectivity index (χ1) is 8.52. The summed E-state index contributed by atoms with van der Waals surface area (Å²) < 4.78 is 1.47. The molecular formula is C12H11N3O3. The Labute approximate surface area is 103 Å². The van der Waals surface area contributed by atoms with Crippen molar-refractivity contribution in [2.24, 2.45) is 5.92 Å². The van der Waals surface area contributed by atoms with Crippen LogP contribution in [0.3, 0.4) is 0 Å². The van der Waals surface area contributed by atoms with Crippen LogP contribution in [0.1, 0.15) is 24.2 Å². The SMILES string of the molecule is CC(=O)C(C(C)=O)C(=O)c1cnn2ccncc12. The van der Waals surface area contributed by atoms with E-state index >= 15 is 0 Å². The van der Waals surface area contributed by atoms with Crippen LogP contribution in [0, 0.1) is 5.92 Å². The van der Waals surface area contributed by atoms with Crippen LogP contribution in [0.4, 0.5) is 0 Å². The molecule has 2 rings (SSSR count). The molecule has 0 fully saturated rings. The van der Waals surface area contributed by atoms with Gasteiger partial charge in [0.15, 0.2) is 5.78 Å². The smallest absolute Gasteiger partial charge is 0.184 e. The summed E-state index contributed by atoms with van der Waals surface area (Å²) in [7, 11) is 0. The molecule has 18 heavy (non-hydrogen) atoms. The third-order valence-corrected chi connectivity index (χ3v) is 2.67. The molecule has 6 nitrogen and oxygen atoms in total. The third-order valence-electron chi connectivity index (χ3n) is 2.67. The molecule has 92 valence electrons. The maximum atomic E-state index is 12.2. The molecular weight excluding hydrogens is 234 g/mol. The predicted octanol–water partition coefficient (Wildman–Crippen LogP) is 0.706. The van der Waals surface area contributed by atoms with Gasteiger partial charge in [-0.15, -0.1) is 0 Å². The van der Waals surface area contributed by atoms with Crippen molar-refractivity contribution in [1.82, 2.24) is 14.6 Å². The summed E-state index contributed by atoms with van der Waals surface area (Å²) in [5, 5.41) is 3.97. The molecule has 2 heterocycles. The molecule has 0 aliphatic heterocycles. The van der Waals surface area contributed by atoms with Gasteiger partial charge < -0.3 is 0 Å². The van der Waals surface area contributed by atoms with Gasteiger partial charge in [0, 0.05) is 12.4 Å². The fraction of sp³-hybridized carbons (Fsp3) is 0.250. The lowest BCUT2D eigenvalue weighted by molar-refractivity contribution is -0.128. The first-order valence-electron chi connectivity index (χ1n) is 5.35. The van der Waals surface area contributed by atoms with Crippen LogP contribution in [0.25, 0.3) is 5.52 Å². The summed E-state index contributed by atoms with van der Waals surface area (Å²) in [6, 6.07) is 0. The van der Waals surface area contributed by atoms with Crippen LogP contribution in [0.5, 0.6) is 0 Å². The fourth-order valence-corrected chi connectivity index (χ4v) is 1.84. The second kappa shape index (κ2) is 4.48. The van der Waals surface area contributed by atoms with E-state index in [1.165, 1.54) is 37.0 Å². The molecule has 0 aromatic carbocycles. The van der Waals surface area contributed by atoms with Gasteiger partial charge in [-0.05, 0) is 13.8 Å². The molecule has 0 atom stereocenters. The zero-order chi connectivity index (χ0) is 13.3. The summed E-state index contributed by atoms with van der Waals surface area (Å²) in [5.41, 5.74) is 0.716. The highest BCUT2D eigenvalue weighted by Gasteiger charge is 2.30. The van der Waals surface area contributed by atoms with E-state index < -0.39 is 23.3 Å². The summed E-state index contributed by atoms with van der Waals surface area (Å²) in [4.78, 5) is 38.8. The van der Waals surface area contributed by atoms with Crippen molar-refractivity contribution in [1.29, 1.82) is 0 Å². The normalized spacial score (nSPS) is 10.8. The van der Waals surface area contributed by atoms with Crippen molar-refractivity contribution in [3.05, 3.63) is 30.4 Å². The molecule has 0 spiro atoms. The molecule has 0 bridgehead atoms. The number of hydrogen-bond donors (Lipinski definition) is 0. The lowest BCUT2D eigenvalue weighted by Crippen LogP contribution is -2.28. The molecule has 0 aliphatic rings. The minimum Gasteiger partial charge on any atom is -0.299 e. The lowest BCUT2D eigenvalue weighted by atomic mass is 9.92. The van der Waals surface area contributed by atoms with Crippen LogP contribution in [0.2, 0.25) is 0 Å². The van der Waals surface area contributed by atoms with Crippen LogP contribution >= 0.6 is 0 Å². The molecule has 0 saturated carbocycles.